The molecule has 0 unspecified atom stereocenters. The maximum atomic E-state index is 5.51. The van der Waals surface area contributed by atoms with Crippen LogP contribution in [-0.4, -0.2) is 19.6 Å². The molecule has 0 saturated heterocycles. The molecule has 0 aromatic carbocycles. The van der Waals surface area contributed by atoms with Gasteiger partial charge in [0.15, 0.2) is 5.65 Å². The summed E-state index contributed by atoms with van der Waals surface area (Å²) < 4.78 is 2.19. The van der Waals surface area contributed by atoms with E-state index < -0.39 is 0 Å². The number of aromatic nitrogens is 4. The van der Waals surface area contributed by atoms with Crippen molar-refractivity contribution in [1.82, 2.24) is 19.6 Å². The molecule has 0 spiro atoms. The number of hydrogen-bond acceptors (Lipinski definition) is 4. The molecule has 0 bridgehead atoms. The van der Waals surface area contributed by atoms with Crippen molar-refractivity contribution in [3.63, 3.8) is 0 Å². The number of rotatable bonds is 0. The predicted molar refractivity (Wildman–Crippen MR) is 48.2 cm³/mol. The van der Waals surface area contributed by atoms with E-state index in [0.717, 1.165) is 9.22 Å². The highest BCUT2D eigenvalue weighted by molar-refractivity contribution is 14.1. The van der Waals surface area contributed by atoms with Crippen LogP contribution in [0.25, 0.3) is 11.2 Å². The quantitative estimate of drug-likeness (QED) is 0.416. The van der Waals surface area contributed by atoms with E-state index in [0.29, 0.717) is 5.65 Å². The molecule has 0 saturated carbocycles. The maximum Gasteiger partial charge on any atom is 0.182 e. The van der Waals surface area contributed by atoms with Gasteiger partial charge in [-0.15, -0.1) is 0 Å². The Morgan fingerprint density at radius 2 is 2.18 bits per heavy atom. The van der Waals surface area contributed by atoms with E-state index in [4.69, 9.17) is 5.84 Å². The Kier molecular flexibility index (Phi) is 1.41. The smallest absolute Gasteiger partial charge is 0.182 e. The molecule has 2 aromatic rings. The van der Waals surface area contributed by atoms with Crippen LogP contribution in [0.1, 0.15) is 0 Å². The molecule has 56 valence electrons. The number of nitrogen functional groups attached to an aromatic ring is 1. The van der Waals surface area contributed by atoms with E-state index in [2.05, 4.69) is 37.5 Å². The zero-order chi connectivity index (χ0) is 7.84. The van der Waals surface area contributed by atoms with Gasteiger partial charge < -0.3 is 5.84 Å². The average molecular weight is 261 g/mol. The molecule has 5 nitrogen and oxygen atoms in total. The first kappa shape index (κ1) is 6.77. The van der Waals surface area contributed by atoms with Gasteiger partial charge in [-0.3, -0.25) is 0 Å². The average Bonchev–Trinajstić information content (AvgIpc) is 2.35. The third kappa shape index (κ3) is 0.934. The molecule has 0 aliphatic rings. The minimum atomic E-state index is 0.657. The molecule has 11 heavy (non-hydrogen) atoms. The van der Waals surface area contributed by atoms with E-state index in [1.54, 1.807) is 0 Å². The van der Waals surface area contributed by atoms with Crippen LogP contribution in [-0.2, 0) is 0 Å². The third-order valence-electron chi connectivity index (χ3n) is 1.31. The highest BCUT2D eigenvalue weighted by atomic mass is 127. The van der Waals surface area contributed by atoms with E-state index in [-0.39, 0.29) is 0 Å². The molecule has 2 rings (SSSR count). The lowest BCUT2D eigenvalue weighted by Gasteiger charge is -1.91. The third-order valence-corrected chi connectivity index (χ3v) is 2.10. The van der Waals surface area contributed by atoms with Gasteiger partial charge in [0.25, 0.3) is 0 Å². The molecule has 6 heteroatoms. The SMILES string of the molecule is Nn1cnc2c(I)ncnc21. The topological polar surface area (TPSA) is 69.6 Å². The second-order valence-corrected chi connectivity index (χ2v) is 3.01. The molecular weight excluding hydrogens is 257 g/mol. The first-order chi connectivity index (χ1) is 5.29. The van der Waals surface area contributed by atoms with Gasteiger partial charge in [-0.1, -0.05) is 0 Å². The van der Waals surface area contributed by atoms with Crippen LogP contribution in [0.5, 0.6) is 0 Å². The van der Waals surface area contributed by atoms with Gasteiger partial charge in [-0.05, 0) is 22.6 Å². The van der Waals surface area contributed by atoms with Crippen LogP contribution in [0.15, 0.2) is 12.7 Å². The van der Waals surface area contributed by atoms with Gasteiger partial charge in [0.2, 0.25) is 0 Å². The number of hydrogen-bond donors (Lipinski definition) is 1. The zero-order valence-corrected chi connectivity index (χ0v) is 7.56. The van der Waals surface area contributed by atoms with Crippen LogP contribution in [0.2, 0.25) is 0 Å². The number of fused-ring (bicyclic) bond motifs is 1. The highest BCUT2D eigenvalue weighted by Gasteiger charge is 2.04. The van der Waals surface area contributed by atoms with Crippen molar-refractivity contribution in [2.75, 3.05) is 5.84 Å². The summed E-state index contributed by atoms with van der Waals surface area (Å²) in [6.45, 7) is 0. The summed E-state index contributed by atoms with van der Waals surface area (Å²) in [6, 6.07) is 0. The number of nitrogens with zero attached hydrogens (tertiary/aromatic N) is 4. The van der Waals surface area contributed by atoms with Crippen molar-refractivity contribution < 1.29 is 0 Å². The number of imidazole rings is 1. The van der Waals surface area contributed by atoms with E-state index >= 15 is 0 Å². The lowest BCUT2D eigenvalue weighted by atomic mass is 10.6. The standard InChI is InChI=1S/C5H4IN5/c6-4-3-5(9-1-8-4)11(7)2-10-3/h1-2H,7H2. The summed E-state index contributed by atoms with van der Waals surface area (Å²) in [6.07, 6.45) is 2.98. The Labute approximate surface area is 75.8 Å². The van der Waals surface area contributed by atoms with Crippen molar-refractivity contribution in [1.29, 1.82) is 0 Å². The van der Waals surface area contributed by atoms with Crippen LogP contribution in [0, 0.1) is 3.70 Å². The lowest BCUT2D eigenvalue weighted by molar-refractivity contribution is 1.01. The molecule has 2 aromatic heterocycles. The largest absolute Gasteiger partial charge is 0.336 e. The minimum absolute atomic E-state index is 0.657. The number of nitrogens with two attached hydrogens (primary N) is 1. The summed E-state index contributed by atoms with van der Waals surface area (Å²) in [4.78, 5) is 11.9. The number of halogens is 1. The van der Waals surface area contributed by atoms with Crippen LogP contribution >= 0.6 is 22.6 Å². The van der Waals surface area contributed by atoms with Gasteiger partial charge in [0, 0.05) is 0 Å². The Bertz CT molecular complexity index is 395. The molecule has 0 amide bonds. The van der Waals surface area contributed by atoms with Gasteiger partial charge in [0.05, 0.1) is 0 Å². The normalized spacial score (nSPS) is 10.6. The minimum Gasteiger partial charge on any atom is -0.336 e. The van der Waals surface area contributed by atoms with E-state index in [1.165, 1.54) is 17.3 Å². The van der Waals surface area contributed by atoms with Crippen molar-refractivity contribution in [2.24, 2.45) is 0 Å². The first-order valence-corrected chi connectivity index (χ1v) is 3.95. The second-order valence-electron chi connectivity index (χ2n) is 1.99. The maximum absolute atomic E-state index is 5.51. The molecule has 0 aliphatic heterocycles. The molecule has 2 N–H and O–H groups in total. The lowest BCUT2D eigenvalue weighted by Crippen LogP contribution is -2.06. The first-order valence-electron chi connectivity index (χ1n) is 2.87. The Hall–Kier alpha value is -0.920. The van der Waals surface area contributed by atoms with Crippen molar-refractivity contribution >= 4 is 33.8 Å². The zero-order valence-electron chi connectivity index (χ0n) is 5.40. The summed E-state index contributed by atoms with van der Waals surface area (Å²) in [5.74, 6) is 5.51. The Morgan fingerprint density at radius 3 is 2.91 bits per heavy atom. The van der Waals surface area contributed by atoms with E-state index in [1.807, 2.05) is 0 Å². The van der Waals surface area contributed by atoms with Crippen LogP contribution in [0.4, 0.5) is 0 Å². The summed E-state index contributed by atoms with van der Waals surface area (Å²) in [5.41, 5.74) is 1.40. The Morgan fingerprint density at radius 1 is 1.36 bits per heavy atom. The van der Waals surface area contributed by atoms with Crippen LogP contribution in [0.3, 0.4) is 0 Å². The second kappa shape index (κ2) is 2.29. The fraction of sp³-hybridized carbons (Fsp3) is 0. The van der Waals surface area contributed by atoms with E-state index in [9.17, 15) is 0 Å². The van der Waals surface area contributed by atoms with Crippen molar-refractivity contribution in [3.8, 4) is 0 Å². The fourth-order valence-electron chi connectivity index (χ4n) is 0.823. The highest BCUT2D eigenvalue weighted by Crippen LogP contribution is 2.11. The molecular formula is C5H4IN5. The van der Waals surface area contributed by atoms with Crippen molar-refractivity contribution in [3.05, 3.63) is 16.4 Å². The molecule has 0 fully saturated rings. The Balaban J connectivity index is 2.94. The van der Waals surface area contributed by atoms with Gasteiger partial charge in [-0.2, -0.15) is 0 Å². The summed E-state index contributed by atoms with van der Waals surface area (Å²) >= 11 is 2.09. The fourth-order valence-corrected chi connectivity index (χ4v) is 1.33. The van der Waals surface area contributed by atoms with Gasteiger partial charge in [0.1, 0.15) is 21.9 Å². The van der Waals surface area contributed by atoms with Crippen LogP contribution < -0.4 is 5.84 Å². The molecule has 0 atom stereocenters. The molecule has 0 aliphatic carbocycles. The van der Waals surface area contributed by atoms with Gasteiger partial charge >= 0.3 is 0 Å². The summed E-state index contributed by atoms with van der Waals surface area (Å²) in [5, 5.41) is 0. The predicted octanol–water partition coefficient (Wildman–Crippen LogP) is 0.145. The summed E-state index contributed by atoms with van der Waals surface area (Å²) in [7, 11) is 0. The molecule has 2 heterocycles. The van der Waals surface area contributed by atoms with Gasteiger partial charge in [-0.25, -0.2) is 19.6 Å². The monoisotopic (exact) mass is 261 g/mol. The van der Waals surface area contributed by atoms with Crippen molar-refractivity contribution in [2.45, 2.75) is 0 Å². The molecule has 0 radical (unpaired) electrons.